The van der Waals surface area contributed by atoms with Crippen LogP contribution in [0.1, 0.15) is 11.4 Å². The highest BCUT2D eigenvalue weighted by Gasteiger charge is 2.16. The largest absolute Gasteiger partial charge is 0.469 e. The number of ether oxygens (including phenoxy) is 1. The molecule has 3 rings (SSSR count). The molecule has 0 saturated carbocycles. The third-order valence-electron chi connectivity index (χ3n) is 4.05. The van der Waals surface area contributed by atoms with E-state index in [2.05, 4.69) is 15.2 Å². The summed E-state index contributed by atoms with van der Waals surface area (Å²) in [6.07, 6.45) is 0.0472. The molecule has 134 valence electrons. The van der Waals surface area contributed by atoms with Gasteiger partial charge in [-0.2, -0.15) is 0 Å². The Kier molecular flexibility index (Phi) is 4.97. The van der Waals surface area contributed by atoms with Crippen molar-refractivity contribution in [3.05, 3.63) is 53.9 Å². The van der Waals surface area contributed by atoms with Gasteiger partial charge < -0.3 is 9.64 Å². The van der Waals surface area contributed by atoms with Gasteiger partial charge >= 0.3 is 5.97 Å². The molecule has 0 bridgehead atoms. The number of fused-ring (bicyclic) bond motifs is 1. The van der Waals surface area contributed by atoms with Crippen molar-refractivity contribution >= 4 is 28.8 Å². The number of imidazole rings is 1. The second kappa shape index (κ2) is 7.35. The van der Waals surface area contributed by atoms with Gasteiger partial charge in [-0.05, 0) is 43.3 Å². The molecule has 0 fully saturated rings. The number of aryl methyl sites for hydroxylation is 1. The van der Waals surface area contributed by atoms with Gasteiger partial charge in [-0.1, -0.05) is 6.07 Å². The zero-order valence-corrected chi connectivity index (χ0v) is 15.3. The number of benzene rings is 1. The van der Waals surface area contributed by atoms with Crippen molar-refractivity contribution in [1.82, 2.24) is 9.38 Å². The van der Waals surface area contributed by atoms with E-state index in [-0.39, 0.29) is 12.4 Å². The molecule has 3 aromatic rings. The number of esters is 1. The quantitative estimate of drug-likeness (QED) is 0.517. The number of hydrogen-bond acceptors (Lipinski definition) is 6. The maximum absolute atomic E-state index is 11.7. The molecule has 2 heterocycles. The maximum Gasteiger partial charge on any atom is 0.311 e. The number of aromatic nitrogens is 2. The lowest BCUT2D eigenvalue weighted by Gasteiger charge is -2.11. The van der Waals surface area contributed by atoms with Crippen molar-refractivity contribution in [2.75, 3.05) is 26.1 Å². The first-order chi connectivity index (χ1) is 12.5. The van der Waals surface area contributed by atoms with E-state index in [4.69, 9.17) is 4.74 Å². The zero-order chi connectivity index (χ0) is 18.7. The first-order valence-corrected chi connectivity index (χ1v) is 8.22. The van der Waals surface area contributed by atoms with Gasteiger partial charge in [0.05, 0.1) is 24.9 Å². The SMILES string of the molecule is COC(=O)Cc1nc2cccc(C)n2c1N=Nc1ccc(N(C)C)cc1. The van der Waals surface area contributed by atoms with Gasteiger partial charge in [-0.15, -0.1) is 10.2 Å². The summed E-state index contributed by atoms with van der Waals surface area (Å²) < 4.78 is 6.65. The van der Waals surface area contributed by atoms with E-state index in [1.807, 2.05) is 72.8 Å². The summed E-state index contributed by atoms with van der Waals surface area (Å²) in [6, 6.07) is 13.5. The predicted molar refractivity (Wildman–Crippen MR) is 101 cm³/mol. The number of carbonyl (C=O) groups is 1. The average molecular weight is 351 g/mol. The second-order valence-electron chi connectivity index (χ2n) is 6.11. The topological polar surface area (TPSA) is 71.6 Å². The van der Waals surface area contributed by atoms with E-state index in [1.165, 1.54) is 7.11 Å². The molecule has 0 aliphatic heterocycles. The molecule has 0 aliphatic rings. The molecular formula is C19H21N5O2. The molecule has 2 aromatic heterocycles. The third kappa shape index (κ3) is 3.56. The number of rotatable bonds is 5. The highest BCUT2D eigenvalue weighted by molar-refractivity contribution is 5.74. The van der Waals surface area contributed by atoms with Crippen LogP contribution in [0, 0.1) is 6.92 Å². The molecule has 0 saturated heterocycles. The number of pyridine rings is 1. The van der Waals surface area contributed by atoms with Gasteiger partial charge in [0.2, 0.25) is 0 Å². The summed E-state index contributed by atoms with van der Waals surface area (Å²) in [6.45, 7) is 1.96. The molecule has 7 nitrogen and oxygen atoms in total. The van der Waals surface area contributed by atoms with Crippen LogP contribution < -0.4 is 4.90 Å². The molecule has 0 spiro atoms. The number of azo groups is 1. The Bertz CT molecular complexity index is 958. The molecule has 0 unspecified atom stereocenters. The lowest BCUT2D eigenvalue weighted by molar-refractivity contribution is -0.139. The van der Waals surface area contributed by atoms with E-state index in [9.17, 15) is 4.79 Å². The summed E-state index contributed by atoms with van der Waals surface area (Å²) in [5.74, 6) is 0.179. The molecule has 1 aromatic carbocycles. The fraction of sp³-hybridized carbons (Fsp3) is 0.263. The summed E-state index contributed by atoms with van der Waals surface area (Å²) in [4.78, 5) is 18.3. The van der Waals surface area contributed by atoms with E-state index in [0.717, 1.165) is 22.7 Å². The van der Waals surface area contributed by atoms with Crippen molar-refractivity contribution in [3.8, 4) is 0 Å². The van der Waals surface area contributed by atoms with Crippen LogP contribution in [-0.2, 0) is 16.0 Å². The van der Waals surface area contributed by atoms with Crippen molar-refractivity contribution in [1.29, 1.82) is 0 Å². The number of methoxy groups -OCH3 is 1. The van der Waals surface area contributed by atoms with Gasteiger partial charge in [0, 0.05) is 25.5 Å². The van der Waals surface area contributed by atoms with E-state index in [1.54, 1.807) is 0 Å². The minimum Gasteiger partial charge on any atom is -0.469 e. The highest BCUT2D eigenvalue weighted by atomic mass is 16.5. The molecule has 0 N–H and O–H groups in total. The Morgan fingerprint density at radius 1 is 1.15 bits per heavy atom. The lowest BCUT2D eigenvalue weighted by atomic mass is 10.3. The number of nitrogens with zero attached hydrogens (tertiary/aromatic N) is 5. The van der Waals surface area contributed by atoms with Crippen LogP contribution >= 0.6 is 0 Å². The first-order valence-electron chi connectivity index (χ1n) is 8.22. The van der Waals surface area contributed by atoms with Gasteiger partial charge in [0.15, 0.2) is 5.82 Å². The van der Waals surface area contributed by atoms with Gasteiger partial charge in [0.1, 0.15) is 5.65 Å². The normalized spacial score (nSPS) is 11.2. The molecule has 7 heteroatoms. The predicted octanol–water partition coefficient (Wildman–Crippen LogP) is 3.84. The Hall–Kier alpha value is -3.22. The third-order valence-corrected chi connectivity index (χ3v) is 4.05. The van der Waals surface area contributed by atoms with Crippen LogP contribution in [0.3, 0.4) is 0 Å². The zero-order valence-electron chi connectivity index (χ0n) is 15.3. The molecule has 0 atom stereocenters. The Morgan fingerprint density at radius 2 is 1.88 bits per heavy atom. The minimum atomic E-state index is -0.363. The number of anilines is 1. The van der Waals surface area contributed by atoms with Crippen molar-refractivity contribution in [2.24, 2.45) is 10.2 Å². The summed E-state index contributed by atoms with van der Waals surface area (Å²) >= 11 is 0. The lowest BCUT2D eigenvalue weighted by Crippen LogP contribution is -2.07. The molecule has 26 heavy (non-hydrogen) atoms. The monoisotopic (exact) mass is 351 g/mol. The Labute approximate surface area is 151 Å². The van der Waals surface area contributed by atoms with Crippen LogP contribution in [-0.4, -0.2) is 36.6 Å². The number of hydrogen-bond donors (Lipinski definition) is 0. The Balaban J connectivity index is 2.01. The standard InChI is InChI=1S/C19H21N5O2/c1-13-6-5-7-17-20-16(12-18(25)26-4)19(24(13)17)22-21-14-8-10-15(11-9-14)23(2)3/h5-11H,12H2,1-4H3. The number of carbonyl (C=O) groups excluding carboxylic acids is 1. The summed E-state index contributed by atoms with van der Waals surface area (Å²) in [5.41, 5.74) is 4.03. The summed E-state index contributed by atoms with van der Waals surface area (Å²) in [7, 11) is 5.32. The van der Waals surface area contributed by atoms with Crippen molar-refractivity contribution < 1.29 is 9.53 Å². The van der Waals surface area contributed by atoms with Crippen molar-refractivity contribution in [3.63, 3.8) is 0 Å². The van der Waals surface area contributed by atoms with E-state index < -0.39 is 0 Å². The van der Waals surface area contributed by atoms with Gasteiger partial charge in [0.25, 0.3) is 0 Å². The van der Waals surface area contributed by atoms with Crippen LogP contribution in [0.25, 0.3) is 5.65 Å². The fourth-order valence-corrected chi connectivity index (χ4v) is 2.64. The second-order valence-corrected chi connectivity index (χ2v) is 6.11. The van der Waals surface area contributed by atoms with Crippen molar-refractivity contribution in [2.45, 2.75) is 13.3 Å². The van der Waals surface area contributed by atoms with Crippen LogP contribution in [0.4, 0.5) is 17.2 Å². The maximum atomic E-state index is 11.7. The minimum absolute atomic E-state index is 0.0472. The molecule has 0 aliphatic carbocycles. The van der Waals surface area contributed by atoms with Crippen LogP contribution in [0.5, 0.6) is 0 Å². The van der Waals surface area contributed by atoms with E-state index >= 15 is 0 Å². The molecule has 0 radical (unpaired) electrons. The van der Waals surface area contributed by atoms with Crippen LogP contribution in [0.15, 0.2) is 52.7 Å². The first kappa shape index (κ1) is 17.6. The van der Waals surface area contributed by atoms with Gasteiger partial charge in [-0.3, -0.25) is 9.20 Å². The van der Waals surface area contributed by atoms with Crippen LogP contribution in [0.2, 0.25) is 0 Å². The summed E-state index contributed by atoms with van der Waals surface area (Å²) in [5, 5.41) is 8.72. The molecule has 0 amide bonds. The highest BCUT2D eigenvalue weighted by Crippen LogP contribution is 2.27. The fourth-order valence-electron chi connectivity index (χ4n) is 2.64. The Morgan fingerprint density at radius 3 is 2.54 bits per heavy atom. The van der Waals surface area contributed by atoms with E-state index in [0.29, 0.717) is 11.5 Å². The smallest absolute Gasteiger partial charge is 0.311 e. The van der Waals surface area contributed by atoms with Gasteiger partial charge in [-0.25, -0.2) is 4.98 Å². The average Bonchev–Trinajstić information content (AvgIpc) is 2.98. The molecular weight excluding hydrogens is 330 g/mol.